The van der Waals surface area contributed by atoms with Crippen molar-refractivity contribution in [3.8, 4) is 0 Å². The number of nitrogens with one attached hydrogen (secondary N) is 1. The second-order valence-electron chi connectivity index (χ2n) is 10.4. The first kappa shape index (κ1) is 31.1. The standard InChI is InChI=1S/C27H29N7O8S2/c1-15(36)42-31-19(18-13-44-27(28)29-18)22(37)30-20-24(39)33-21(26(40)41)17(12-43-25(20)33)11-16-5-6-32(23(16)38)14-34(9-10-35)7-3-2-4-8-34/h2-4,7,11,13,20,25,35H,5-6,8-10,12,14H2,1H3,(H3-,28,29,30,37,40,41)/t20-,25-,34?/m1/s1. The molecule has 4 N–H and O–H groups in total. The number of thioether (sulfide) groups is 1. The van der Waals surface area contributed by atoms with Crippen molar-refractivity contribution in [1.82, 2.24) is 20.1 Å². The second-order valence-corrected chi connectivity index (χ2v) is 12.4. The number of aliphatic hydroxyl groups is 1. The van der Waals surface area contributed by atoms with E-state index < -0.39 is 35.2 Å². The average Bonchev–Trinajstić information content (AvgIpc) is 3.56. The number of allylic oxidation sites excluding steroid dienone is 3. The molecule has 0 radical (unpaired) electrons. The Morgan fingerprint density at radius 1 is 1.34 bits per heavy atom. The van der Waals surface area contributed by atoms with Gasteiger partial charge in [-0.05, 0) is 30.2 Å². The first-order valence-electron chi connectivity index (χ1n) is 13.5. The van der Waals surface area contributed by atoms with Gasteiger partial charge in [0, 0.05) is 30.2 Å². The second kappa shape index (κ2) is 12.7. The van der Waals surface area contributed by atoms with E-state index in [9.17, 15) is 34.2 Å². The van der Waals surface area contributed by atoms with Crippen molar-refractivity contribution < 1.29 is 43.5 Å². The molecule has 1 aromatic rings. The highest BCUT2D eigenvalue weighted by atomic mass is 32.2. The van der Waals surface area contributed by atoms with Crippen LogP contribution >= 0.6 is 23.1 Å². The lowest BCUT2D eigenvalue weighted by atomic mass is 10.0. The number of nitrogens with two attached hydrogens (primary N) is 1. The van der Waals surface area contributed by atoms with Gasteiger partial charge >= 0.3 is 5.97 Å². The summed E-state index contributed by atoms with van der Waals surface area (Å²) in [6.07, 6.45) is 9.60. The maximum atomic E-state index is 13.3. The largest absolute Gasteiger partial charge is 0.543 e. The van der Waals surface area contributed by atoms with Crippen molar-refractivity contribution in [3.05, 3.63) is 58.4 Å². The third kappa shape index (κ3) is 6.17. The molecule has 0 spiro atoms. The number of amides is 3. The van der Waals surface area contributed by atoms with E-state index in [-0.39, 0.29) is 46.1 Å². The van der Waals surface area contributed by atoms with Crippen LogP contribution in [0.2, 0.25) is 0 Å². The van der Waals surface area contributed by atoms with Gasteiger partial charge in [-0.25, -0.2) is 9.78 Å². The summed E-state index contributed by atoms with van der Waals surface area (Å²) in [6.45, 7) is 2.89. The lowest BCUT2D eigenvalue weighted by molar-refractivity contribution is -0.883. The van der Waals surface area contributed by atoms with Crippen LogP contribution < -0.4 is 16.2 Å². The number of aliphatic carboxylic acids is 1. The highest BCUT2D eigenvalue weighted by Gasteiger charge is 2.53. The molecule has 2 saturated heterocycles. The Morgan fingerprint density at radius 3 is 2.77 bits per heavy atom. The molecule has 5 heterocycles. The molecular formula is C27H29N7O8S2. The molecule has 4 aliphatic heterocycles. The number of carbonyl (C=O) groups excluding carboxylic acids is 5. The first-order chi connectivity index (χ1) is 21.0. The lowest BCUT2D eigenvalue weighted by Gasteiger charge is -2.50. The van der Waals surface area contributed by atoms with Crippen molar-refractivity contribution in [1.29, 1.82) is 0 Å². The Labute approximate surface area is 259 Å². The number of oxime groups is 1. The molecule has 232 valence electrons. The number of aromatic nitrogens is 1. The van der Waals surface area contributed by atoms with Gasteiger partial charge in [-0.3, -0.25) is 28.7 Å². The zero-order valence-corrected chi connectivity index (χ0v) is 25.1. The Hall–Kier alpha value is -4.32. The minimum Gasteiger partial charge on any atom is -0.543 e. The van der Waals surface area contributed by atoms with Gasteiger partial charge in [-0.2, -0.15) is 0 Å². The van der Waals surface area contributed by atoms with Crippen molar-refractivity contribution in [2.75, 3.05) is 44.4 Å². The molecule has 2 fully saturated rings. The number of likely N-dealkylation sites (tertiary alicyclic amines) is 1. The molecule has 5 rings (SSSR count). The summed E-state index contributed by atoms with van der Waals surface area (Å²) in [4.78, 5) is 74.4. The van der Waals surface area contributed by atoms with Crippen LogP contribution in [0, 0.1) is 0 Å². The summed E-state index contributed by atoms with van der Waals surface area (Å²) < 4.78 is 0.384. The van der Waals surface area contributed by atoms with E-state index in [0.29, 0.717) is 42.8 Å². The number of quaternary nitrogens is 1. The smallest absolute Gasteiger partial charge is 0.332 e. The van der Waals surface area contributed by atoms with Crippen molar-refractivity contribution >= 4 is 63.6 Å². The normalized spacial score (nSPS) is 25.8. The van der Waals surface area contributed by atoms with E-state index in [1.54, 1.807) is 4.90 Å². The van der Waals surface area contributed by atoms with Gasteiger partial charge in [-0.1, -0.05) is 11.2 Å². The Balaban J connectivity index is 1.32. The molecule has 3 amide bonds. The molecule has 1 unspecified atom stereocenters. The summed E-state index contributed by atoms with van der Waals surface area (Å²) >= 11 is 2.24. The number of carboxylic acid groups (broad SMARTS) is 1. The van der Waals surface area contributed by atoms with Crippen LogP contribution in [-0.4, -0.2) is 110 Å². The monoisotopic (exact) mass is 643 g/mol. The van der Waals surface area contributed by atoms with E-state index in [0.717, 1.165) is 23.2 Å². The molecule has 0 aromatic carbocycles. The first-order valence-corrected chi connectivity index (χ1v) is 15.4. The number of thiazole rings is 1. The molecule has 4 aliphatic rings. The fraction of sp³-hybridized carbons (Fsp3) is 0.370. The Morgan fingerprint density at radius 2 is 2.14 bits per heavy atom. The van der Waals surface area contributed by atoms with E-state index >= 15 is 0 Å². The van der Waals surface area contributed by atoms with Crippen LogP contribution in [0.4, 0.5) is 5.13 Å². The van der Waals surface area contributed by atoms with Crippen LogP contribution in [0.5, 0.6) is 0 Å². The van der Waals surface area contributed by atoms with Crippen molar-refractivity contribution in [2.45, 2.75) is 24.8 Å². The highest BCUT2D eigenvalue weighted by molar-refractivity contribution is 8.00. The number of rotatable bonds is 10. The zero-order valence-electron chi connectivity index (χ0n) is 23.5. The van der Waals surface area contributed by atoms with Crippen LogP contribution in [0.25, 0.3) is 0 Å². The SMILES string of the molecule is CC(=O)ON=C(C(=O)N[C@@H]1C(=O)N2C(C(=O)[O-])=C(C=C3CCN(C[N+]4(CCO)C=CC=CC4)C3=O)CS[C@H]12)c1csc(N)n1. The minimum atomic E-state index is -1.59. The predicted molar refractivity (Wildman–Crippen MR) is 157 cm³/mol. The Bertz CT molecular complexity index is 1560. The van der Waals surface area contributed by atoms with E-state index in [1.165, 1.54) is 23.2 Å². The topological polar surface area (TPSA) is 208 Å². The minimum absolute atomic E-state index is 0.0303. The fourth-order valence-corrected chi connectivity index (χ4v) is 7.19. The summed E-state index contributed by atoms with van der Waals surface area (Å²) in [6, 6.07) is -1.11. The third-order valence-electron chi connectivity index (χ3n) is 7.40. The number of anilines is 1. The number of fused-ring (bicyclic) bond motifs is 1. The molecule has 0 saturated carbocycles. The molecular weight excluding hydrogens is 614 g/mol. The van der Waals surface area contributed by atoms with Crippen molar-refractivity contribution in [3.63, 3.8) is 0 Å². The summed E-state index contributed by atoms with van der Waals surface area (Å²) in [5.74, 6) is -4.06. The number of aliphatic hydroxyl groups excluding tert-OH is 1. The van der Waals surface area contributed by atoms with Gasteiger partial charge in [0.2, 0.25) is 0 Å². The van der Waals surface area contributed by atoms with Crippen LogP contribution in [-0.2, 0) is 28.8 Å². The third-order valence-corrected chi connectivity index (χ3v) is 9.38. The summed E-state index contributed by atoms with van der Waals surface area (Å²) in [5, 5.41) is 28.7. The Kier molecular flexibility index (Phi) is 9.00. The van der Waals surface area contributed by atoms with Gasteiger partial charge in [0.05, 0.1) is 24.5 Å². The molecule has 44 heavy (non-hydrogen) atoms. The number of hydrogen-bond donors (Lipinski definition) is 3. The van der Waals surface area contributed by atoms with Gasteiger partial charge in [0.15, 0.2) is 17.5 Å². The van der Waals surface area contributed by atoms with E-state index in [2.05, 4.69) is 20.3 Å². The number of carbonyl (C=O) groups is 5. The number of carboxylic acids is 1. The van der Waals surface area contributed by atoms with Crippen LogP contribution in [0.15, 0.2) is 57.9 Å². The number of nitrogen functional groups attached to an aromatic ring is 1. The van der Waals surface area contributed by atoms with Crippen LogP contribution in [0.1, 0.15) is 19.0 Å². The average molecular weight is 644 g/mol. The lowest BCUT2D eigenvalue weighted by Crippen LogP contribution is -2.71. The van der Waals surface area contributed by atoms with Gasteiger partial charge in [0.25, 0.3) is 17.7 Å². The molecule has 0 bridgehead atoms. The number of β-lactam (4-membered cyclic amide) rings is 1. The zero-order chi connectivity index (χ0) is 31.6. The van der Waals surface area contributed by atoms with Gasteiger partial charge in [-0.15, -0.1) is 23.1 Å². The van der Waals surface area contributed by atoms with Crippen LogP contribution in [0.3, 0.4) is 0 Å². The van der Waals surface area contributed by atoms with Gasteiger partial charge in [0.1, 0.15) is 30.2 Å². The maximum absolute atomic E-state index is 13.3. The summed E-state index contributed by atoms with van der Waals surface area (Å²) in [7, 11) is 0. The number of hydrogen-bond acceptors (Lipinski definition) is 13. The van der Waals surface area contributed by atoms with Crippen molar-refractivity contribution in [2.24, 2.45) is 5.16 Å². The molecule has 17 heteroatoms. The highest BCUT2D eigenvalue weighted by Crippen LogP contribution is 2.41. The molecule has 15 nitrogen and oxygen atoms in total. The summed E-state index contributed by atoms with van der Waals surface area (Å²) in [5.41, 5.74) is 5.59. The molecule has 0 aliphatic carbocycles. The molecule has 3 atom stereocenters. The van der Waals surface area contributed by atoms with E-state index in [1.807, 2.05) is 24.4 Å². The quantitative estimate of drug-likeness (QED) is 0.0661. The van der Waals surface area contributed by atoms with E-state index in [4.69, 9.17) is 5.73 Å². The molecule has 1 aromatic heterocycles. The van der Waals surface area contributed by atoms with Gasteiger partial charge < -0.3 is 30.9 Å². The fourth-order valence-electron chi connectivity index (χ4n) is 5.33. The number of nitrogens with zero attached hydrogens (tertiary/aromatic N) is 5. The predicted octanol–water partition coefficient (Wildman–Crippen LogP) is -1.59. The maximum Gasteiger partial charge on any atom is 0.332 e.